The molecule has 0 saturated carbocycles. The van der Waals surface area contributed by atoms with Crippen LogP contribution in [-0.4, -0.2) is 42.8 Å². The third-order valence-electron chi connectivity index (χ3n) is 1.73. The molecule has 0 saturated heterocycles. The van der Waals surface area contributed by atoms with Crippen LogP contribution in [0.25, 0.3) is 0 Å². The molecule has 17 heavy (non-hydrogen) atoms. The molecule has 1 aromatic rings. The molecule has 0 radical (unpaired) electrons. The molecule has 7 heteroatoms. The van der Waals surface area contributed by atoms with Gasteiger partial charge < -0.3 is 22.6 Å². The van der Waals surface area contributed by atoms with Crippen LogP contribution in [-0.2, 0) is 9.98 Å². The number of benzene rings is 1. The van der Waals surface area contributed by atoms with E-state index in [2.05, 4.69) is 20.8 Å². The van der Waals surface area contributed by atoms with E-state index in [9.17, 15) is 0 Å². The Bertz CT molecular complexity index is 366. The van der Waals surface area contributed by atoms with Crippen molar-refractivity contribution in [2.24, 2.45) is 0 Å². The average Bonchev–Trinajstić information content (AvgIpc) is 1.99. The van der Waals surface area contributed by atoms with Gasteiger partial charge in [0.25, 0.3) is 0 Å². The van der Waals surface area contributed by atoms with Gasteiger partial charge in [-0.1, -0.05) is 32.9 Å². The van der Waals surface area contributed by atoms with Crippen molar-refractivity contribution < 1.29 is 27.2 Å². The van der Waals surface area contributed by atoms with Crippen LogP contribution >= 0.6 is 7.82 Å². The van der Waals surface area contributed by atoms with Crippen molar-refractivity contribution in [2.45, 2.75) is 26.2 Å². The van der Waals surface area contributed by atoms with E-state index in [0.717, 1.165) is 0 Å². The smallest absolute Gasteiger partial charge is 1.00 e. The number of phenols is 1. The molecule has 0 atom stereocenters. The van der Waals surface area contributed by atoms with Gasteiger partial charge in [-0.15, -0.1) is 0 Å². The quantitative estimate of drug-likeness (QED) is 0.425. The third-order valence-corrected chi connectivity index (χ3v) is 1.73. The first kappa shape index (κ1) is 19.2. The van der Waals surface area contributed by atoms with Crippen LogP contribution in [0, 0.1) is 0 Å². The Labute approximate surface area is 120 Å². The van der Waals surface area contributed by atoms with E-state index in [1.165, 1.54) is 5.56 Å². The van der Waals surface area contributed by atoms with E-state index >= 15 is 0 Å². The molecular weight excluding hydrogens is 255 g/mol. The summed E-state index contributed by atoms with van der Waals surface area (Å²) >= 11 is 0. The van der Waals surface area contributed by atoms with Gasteiger partial charge in [0.05, 0.1) is 0 Å². The van der Waals surface area contributed by atoms with Crippen LogP contribution in [0.15, 0.2) is 24.3 Å². The van der Waals surface area contributed by atoms with Crippen molar-refractivity contribution in [3.63, 3.8) is 0 Å². The van der Waals surface area contributed by atoms with E-state index in [1.807, 2.05) is 12.1 Å². The predicted molar refractivity (Wildman–Crippen MR) is 69.0 cm³/mol. The summed E-state index contributed by atoms with van der Waals surface area (Å²) < 4.78 is 8.88. The molecule has 1 aromatic carbocycles. The van der Waals surface area contributed by atoms with Gasteiger partial charge in [-0.3, -0.25) is 0 Å². The van der Waals surface area contributed by atoms with E-state index in [1.54, 1.807) is 12.1 Å². The Kier molecular flexibility index (Phi) is 8.33. The minimum Gasteiger partial charge on any atom is -1.00 e. The fourth-order valence-corrected chi connectivity index (χ4v) is 0.961. The number of phosphoric acid groups is 1. The number of hydrogen-bond acceptors (Lipinski definition) is 2. The van der Waals surface area contributed by atoms with E-state index in [4.69, 9.17) is 24.4 Å². The standard InChI is InChI=1S/C10H14O.Mg.H3O4P.2H/c1-10(2,3)8-4-6-9(11)7-5-8;;1-5(2,3)4;;/h4-7,11H,1-3H3;;(H3,1,2,3,4);;/q;+2;;2*-1. The second-order valence-electron chi connectivity index (χ2n) is 4.31. The molecular formula is C10H19MgO5P. The Morgan fingerprint density at radius 3 is 1.59 bits per heavy atom. The molecule has 0 unspecified atom stereocenters. The molecule has 1 rings (SSSR count). The van der Waals surface area contributed by atoms with Crippen molar-refractivity contribution >= 4 is 30.9 Å². The number of hydrogen-bond donors (Lipinski definition) is 4. The van der Waals surface area contributed by atoms with Gasteiger partial charge in [0.2, 0.25) is 0 Å². The summed E-state index contributed by atoms with van der Waals surface area (Å²) in [6, 6.07) is 7.35. The van der Waals surface area contributed by atoms with E-state index in [0.29, 0.717) is 5.75 Å². The summed E-state index contributed by atoms with van der Waals surface area (Å²) in [5, 5.41) is 9.02. The molecule has 0 amide bonds. The number of rotatable bonds is 0. The van der Waals surface area contributed by atoms with Crippen molar-refractivity contribution in [3.8, 4) is 5.75 Å². The van der Waals surface area contributed by atoms with Crippen LogP contribution in [0.3, 0.4) is 0 Å². The van der Waals surface area contributed by atoms with E-state index < -0.39 is 7.82 Å². The second-order valence-corrected chi connectivity index (χ2v) is 5.34. The summed E-state index contributed by atoms with van der Waals surface area (Å²) in [6.45, 7) is 6.46. The topological polar surface area (TPSA) is 98.0 Å². The van der Waals surface area contributed by atoms with Crippen molar-refractivity contribution in [2.75, 3.05) is 0 Å². The van der Waals surface area contributed by atoms with Gasteiger partial charge in [0.1, 0.15) is 5.75 Å². The van der Waals surface area contributed by atoms with Crippen LogP contribution in [0.5, 0.6) is 5.75 Å². The zero-order valence-electron chi connectivity index (χ0n) is 12.2. The number of phenolic OH excluding ortho intramolecular Hbond substituents is 1. The van der Waals surface area contributed by atoms with Crippen molar-refractivity contribution in [3.05, 3.63) is 29.8 Å². The van der Waals surface area contributed by atoms with Crippen LogP contribution in [0.4, 0.5) is 0 Å². The fraction of sp³-hybridized carbons (Fsp3) is 0.400. The average molecular weight is 275 g/mol. The summed E-state index contributed by atoms with van der Waals surface area (Å²) in [6.07, 6.45) is 0. The zero-order chi connectivity index (χ0) is 13.0. The second kappa shape index (κ2) is 7.36. The predicted octanol–water partition coefficient (Wildman–Crippen LogP) is 1.61. The summed E-state index contributed by atoms with van der Waals surface area (Å²) in [4.78, 5) is 21.6. The van der Waals surface area contributed by atoms with E-state index in [-0.39, 0.29) is 31.3 Å². The Morgan fingerprint density at radius 1 is 1.06 bits per heavy atom. The molecule has 0 aliphatic rings. The normalized spacial score (nSPS) is 10.9. The van der Waals surface area contributed by atoms with Gasteiger partial charge in [-0.25, -0.2) is 4.57 Å². The summed E-state index contributed by atoms with van der Waals surface area (Å²) in [5.41, 5.74) is 1.42. The maximum atomic E-state index is 9.02. The van der Waals surface area contributed by atoms with Crippen molar-refractivity contribution in [1.82, 2.24) is 0 Å². The largest absolute Gasteiger partial charge is 2.00 e. The van der Waals surface area contributed by atoms with Crippen LogP contribution < -0.4 is 0 Å². The monoisotopic (exact) mass is 274 g/mol. The first-order valence-electron chi connectivity index (χ1n) is 4.58. The Hall–Kier alpha value is -0.104. The van der Waals surface area contributed by atoms with Gasteiger partial charge in [0.15, 0.2) is 0 Å². The molecule has 0 aliphatic heterocycles. The molecule has 0 fully saturated rings. The van der Waals surface area contributed by atoms with Gasteiger partial charge in [-0.05, 0) is 23.1 Å². The van der Waals surface area contributed by atoms with Crippen molar-refractivity contribution in [1.29, 1.82) is 0 Å². The SMILES string of the molecule is CC(C)(C)c1ccc(O)cc1.O=P(O)(O)O.[H-].[H-].[Mg+2]. The molecule has 96 valence electrons. The minimum absolute atomic E-state index is 0. The molecule has 0 aliphatic carbocycles. The van der Waals surface area contributed by atoms with Crippen LogP contribution in [0.2, 0.25) is 0 Å². The molecule has 4 N–H and O–H groups in total. The Balaban J connectivity index is -0.000000125. The molecule has 0 bridgehead atoms. The molecule has 0 heterocycles. The van der Waals surface area contributed by atoms with Gasteiger partial charge >= 0.3 is 30.9 Å². The Morgan fingerprint density at radius 2 is 1.35 bits per heavy atom. The van der Waals surface area contributed by atoms with Crippen LogP contribution in [0.1, 0.15) is 29.2 Å². The maximum absolute atomic E-state index is 9.02. The fourth-order valence-electron chi connectivity index (χ4n) is 0.961. The molecule has 0 aromatic heterocycles. The van der Waals surface area contributed by atoms with Gasteiger partial charge in [0, 0.05) is 0 Å². The first-order chi connectivity index (χ1) is 7.00. The maximum Gasteiger partial charge on any atom is 2.00 e. The summed E-state index contributed by atoms with van der Waals surface area (Å²) in [7, 11) is -4.64. The molecule has 0 spiro atoms. The first-order valence-corrected chi connectivity index (χ1v) is 6.14. The molecule has 5 nitrogen and oxygen atoms in total. The number of aromatic hydroxyl groups is 1. The summed E-state index contributed by atoms with van der Waals surface area (Å²) in [5.74, 6) is 0.331. The minimum atomic E-state index is -4.64. The zero-order valence-corrected chi connectivity index (χ0v) is 12.5. The van der Waals surface area contributed by atoms with Gasteiger partial charge in [-0.2, -0.15) is 0 Å². The third kappa shape index (κ3) is 12.1.